The predicted octanol–water partition coefficient (Wildman–Crippen LogP) is 4.58. The minimum atomic E-state index is -0.0193. The van der Waals surface area contributed by atoms with Crippen LogP contribution < -0.4 is 5.56 Å². The van der Waals surface area contributed by atoms with Gasteiger partial charge < -0.3 is 4.57 Å². The Morgan fingerprint density at radius 1 is 1.14 bits per heavy atom. The van der Waals surface area contributed by atoms with E-state index < -0.39 is 0 Å². The standard InChI is InChI=1S/C17H11BrN2OS/c1-20-14-5-3-2-4-11(14)12(9-16(20)21)17-19-13-7-6-10(18)8-15(13)22-17/h2-9H,1H3. The van der Waals surface area contributed by atoms with Crippen molar-refractivity contribution in [2.24, 2.45) is 7.05 Å². The zero-order chi connectivity index (χ0) is 15.3. The molecule has 5 heteroatoms. The van der Waals surface area contributed by atoms with E-state index in [1.807, 2.05) is 36.4 Å². The molecule has 22 heavy (non-hydrogen) atoms. The van der Waals surface area contributed by atoms with Crippen molar-refractivity contribution in [1.82, 2.24) is 9.55 Å². The van der Waals surface area contributed by atoms with E-state index >= 15 is 0 Å². The lowest BCUT2D eigenvalue weighted by molar-refractivity contribution is 0.907. The van der Waals surface area contributed by atoms with Crippen molar-refractivity contribution in [1.29, 1.82) is 0 Å². The van der Waals surface area contributed by atoms with Gasteiger partial charge in [-0.1, -0.05) is 34.1 Å². The highest BCUT2D eigenvalue weighted by molar-refractivity contribution is 9.10. The molecule has 0 unspecified atom stereocenters. The van der Waals surface area contributed by atoms with Crippen LogP contribution in [0, 0.1) is 0 Å². The van der Waals surface area contributed by atoms with E-state index in [0.717, 1.165) is 36.2 Å². The SMILES string of the molecule is Cn1c(=O)cc(-c2nc3ccc(Br)cc3s2)c2ccccc21. The molecule has 108 valence electrons. The molecule has 2 aromatic heterocycles. The van der Waals surface area contributed by atoms with Crippen molar-refractivity contribution < 1.29 is 0 Å². The van der Waals surface area contributed by atoms with Crippen molar-refractivity contribution in [2.75, 3.05) is 0 Å². The van der Waals surface area contributed by atoms with Gasteiger partial charge in [0.1, 0.15) is 5.01 Å². The topological polar surface area (TPSA) is 34.9 Å². The first kappa shape index (κ1) is 13.7. The number of halogens is 1. The van der Waals surface area contributed by atoms with Gasteiger partial charge in [-0.2, -0.15) is 0 Å². The molecule has 0 radical (unpaired) electrons. The number of pyridine rings is 1. The second kappa shape index (κ2) is 5.04. The smallest absolute Gasteiger partial charge is 0.251 e. The Morgan fingerprint density at radius 3 is 2.82 bits per heavy atom. The third-order valence-corrected chi connectivity index (χ3v) is 5.28. The quantitative estimate of drug-likeness (QED) is 0.491. The summed E-state index contributed by atoms with van der Waals surface area (Å²) in [6, 6.07) is 15.6. The molecule has 0 bridgehead atoms. The zero-order valence-electron chi connectivity index (χ0n) is 11.7. The largest absolute Gasteiger partial charge is 0.311 e. The fraction of sp³-hybridized carbons (Fsp3) is 0.0588. The molecule has 4 aromatic rings. The Balaban J connectivity index is 2.07. The number of rotatable bonds is 1. The van der Waals surface area contributed by atoms with Crippen LogP contribution >= 0.6 is 27.3 Å². The molecule has 2 heterocycles. The van der Waals surface area contributed by atoms with Crippen molar-refractivity contribution >= 4 is 48.4 Å². The molecular weight excluding hydrogens is 360 g/mol. The van der Waals surface area contributed by atoms with Crippen LogP contribution in [-0.2, 0) is 7.05 Å². The minimum absolute atomic E-state index is 0.0193. The maximum absolute atomic E-state index is 12.2. The van der Waals surface area contributed by atoms with Crippen LogP contribution in [0.25, 0.3) is 31.7 Å². The fourth-order valence-corrected chi connectivity index (χ4v) is 4.15. The lowest BCUT2D eigenvalue weighted by Gasteiger charge is -2.07. The molecule has 4 rings (SSSR count). The van der Waals surface area contributed by atoms with Crippen molar-refractivity contribution in [2.45, 2.75) is 0 Å². The van der Waals surface area contributed by atoms with Gasteiger partial charge in [-0.25, -0.2) is 4.98 Å². The highest BCUT2D eigenvalue weighted by Crippen LogP contribution is 2.34. The fourth-order valence-electron chi connectivity index (χ4n) is 2.60. The number of hydrogen-bond donors (Lipinski definition) is 0. The molecule has 0 N–H and O–H groups in total. The molecule has 0 fully saturated rings. The molecule has 0 atom stereocenters. The average molecular weight is 371 g/mol. The van der Waals surface area contributed by atoms with E-state index in [9.17, 15) is 4.79 Å². The van der Waals surface area contributed by atoms with Gasteiger partial charge in [0, 0.05) is 28.5 Å². The summed E-state index contributed by atoms with van der Waals surface area (Å²) in [7, 11) is 1.80. The molecule has 0 aliphatic heterocycles. The average Bonchev–Trinajstić information content (AvgIpc) is 2.93. The summed E-state index contributed by atoms with van der Waals surface area (Å²) >= 11 is 5.09. The molecule has 0 spiro atoms. The maximum atomic E-state index is 12.2. The summed E-state index contributed by atoms with van der Waals surface area (Å²) in [6.07, 6.45) is 0. The highest BCUT2D eigenvalue weighted by atomic mass is 79.9. The third-order valence-electron chi connectivity index (χ3n) is 3.73. The van der Waals surface area contributed by atoms with Gasteiger partial charge in [-0.15, -0.1) is 11.3 Å². The van der Waals surface area contributed by atoms with Crippen LogP contribution in [0.4, 0.5) is 0 Å². The second-order valence-electron chi connectivity index (χ2n) is 5.10. The van der Waals surface area contributed by atoms with E-state index in [4.69, 9.17) is 4.98 Å². The maximum Gasteiger partial charge on any atom is 0.251 e. The number of nitrogens with zero attached hydrogens (tertiary/aromatic N) is 2. The third kappa shape index (κ3) is 2.09. The predicted molar refractivity (Wildman–Crippen MR) is 95.5 cm³/mol. The van der Waals surface area contributed by atoms with Crippen molar-refractivity contribution in [3.05, 3.63) is 63.4 Å². The number of aryl methyl sites for hydroxylation is 1. The Labute approximate surface area is 139 Å². The van der Waals surface area contributed by atoms with Gasteiger partial charge in [-0.3, -0.25) is 4.79 Å². The first-order valence-electron chi connectivity index (χ1n) is 6.79. The number of thiazole rings is 1. The van der Waals surface area contributed by atoms with Crippen LogP contribution in [0.5, 0.6) is 0 Å². The Hall–Kier alpha value is -1.98. The molecule has 3 nitrogen and oxygen atoms in total. The summed E-state index contributed by atoms with van der Waals surface area (Å²) in [6.45, 7) is 0. The van der Waals surface area contributed by atoms with E-state index in [1.54, 1.807) is 29.0 Å². The van der Waals surface area contributed by atoms with Crippen molar-refractivity contribution in [3.63, 3.8) is 0 Å². The summed E-state index contributed by atoms with van der Waals surface area (Å²) in [5.41, 5.74) is 2.75. The van der Waals surface area contributed by atoms with E-state index in [-0.39, 0.29) is 5.56 Å². The Bertz CT molecular complexity index is 1080. The molecule has 0 aliphatic rings. The van der Waals surface area contributed by atoms with Gasteiger partial charge in [0.2, 0.25) is 0 Å². The minimum Gasteiger partial charge on any atom is -0.311 e. The number of benzene rings is 2. The zero-order valence-corrected chi connectivity index (χ0v) is 14.1. The highest BCUT2D eigenvalue weighted by Gasteiger charge is 2.12. The summed E-state index contributed by atoms with van der Waals surface area (Å²) in [4.78, 5) is 16.9. The normalized spacial score (nSPS) is 11.4. The van der Waals surface area contributed by atoms with Gasteiger partial charge in [-0.05, 0) is 24.3 Å². The lowest BCUT2D eigenvalue weighted by Crippen LogP contribution is -2.16. The number of aromatic nitrogens is 2. The molecular formula is C17H11BrN2OS. The molecule has 0 aliphatic carbocycles. The molecule has 0 amide bonds. The summed E-state index contributed by atoms with van der Waals surface area (Å²) in [5, 5.41) is 1.92. The van der Waals surface area contributed by atoms with Crippen LogP contribution in [-0.4, -0.2) is 9.55 Å². The van der Waals surface area contributed by atoms with E-state index in [2.05, 4.69) is 22.0 Å². The number of hydrogen-bond acceptors (Lipinski definition) is 3. The molecule has 2 aromatic carbocycles. The Morgan fingerprint density at radius 2 is 1.95 bits per heavy atom. The van der Waals surface area contributed by atoms with Crippen LogP contribution in [0.2, 0.25) is 0 Å². The van der Waals surface area contributed by atoms with Crippen molar-refractivity contribution in [3.8, 4) is 10.6 Å². The van der Waals surface area contributed by atoms with Crippen LogP contribution in [0.15, 0.2) is 57.8 Å². The van der Waals surface area contributed by atoms with E-state index in [1.165, 1.54) is 0 Å². The van der Waals surface area contributed by atoms with Crippen LogP contribution in [0.3, 0.4) is 0 Å². The van der Waals surface area contributed by atoms with Gasteiger partial charge in [0.15, 0.2) is 0 Å². The monoisotopic (exact) mass is 370 g/mol. The Kier molecular flexibility index (Phi) is 3.13. The van der Waals surface area contributed by atoms with Gasteiger partial charge >= 0.3 is 0 Å². The second-order valence-corrected chi connectivity index (χ2v) is 7.05. The number of fused-ring (bicyclic) bond motifs is 2. The number of para-hydroxylation sites is 1. The van der Waals surface area contributed by atoms with Gasteiger partial charge in [0.05, 0.1) is 15.7 Å². The summed E-state index contributed by atoms with van der Waals surface area (Å²) < 4.78 is 3.81. The molecule has 0 saturated carbocycles. The van der Waals surface area contributed by atoms with E-state index in [0.29, 0.717) is 0 Å². The van der Waals surface area contributed by atoms with Crippen LogP contribution in [0.1, 0.15) is 0 Å². The molecule has 0 saturated heterocycles. The first-order valence-corrected chi connectivity index (χ1v) is 8.40. The lowest BCUT2D eigenvalue weighted by atomic mass is 10.1. The summed E-state index contributed by atoms with van der Waals surface area (Å²) in [5.74, 6) is 0. The van der Waals surface area contributed by atoms with Gasteiger partial charge in [0.25, 0.3) is 5.56 Å². The first-order chi connectivity index (χ1) is 10.6.